The van der Waals surface area contributed by atoms with Gasteiger partial charge in [0.05, 0.1) is 12.2 Å². The lowest BCUT2D eigenvalue weighted by molar-refractivity contribution is 0.0938. The fourth-order valence-electron chi connectivity index (χ4n) is 1.98. The summed E-state index contributed by atoms with van der Waals surface area (Å²) in [6.07, 6.45) is 0. The number of carbonyl (C=O) groups is 1. The highest BCUT2D eigenvalue weighted by atomic mass is 16.5. The molecule has 0 aliphatic heterocycles. The number of oxazole rings is 1. The largest absolute Gasteiger partial charge is 0.444 e. The lowest BCUT2D eigenvalue weighted by Crippen LogP contribution is -2.23. The molecule has 0 aliphatic rings. The number of amides is 1. The summed E-state index contributed by atoms with van der Waals surface area (Å²) in [5.41, 5.74) is 1.91. The Labute approximate surface area is 127 Å². The summed E-state index contributed by atoms with van der Waals surface area (Å²) in [6.45, 7) is 3.90. The molecule has 1 N–H and O–H groups in total. The minimum absolute atomic E-state index is 0.209. The first-order valence-corrected chi connectivity index (χ1v) is 6.87. The molecule has 1 aromatic carbocycles. The van der Waals surface area contributed by atoms with E-state index in [1.165, 1.54) is 0 Å². The highest BCUT2D eigenvalue weighted by Crippen LogP contribution is 2.19. The second-order valence-corrected chi connectivity index (χ2v) is 4.87. The molecular formula is C16H15N3O3. The summed E-state index contributed by atoms with van der Waals surface area (Å²) in [5.74, 6) is 1.43. The van der Waals surface area contributed by atoms with Crippen molar-refractivity contribution in [3.63, 3.8) is 0 Å². The maximum atomic E-state index is 12.1. The predicted molar refractivity (Wildman–Crippen MR) is 79.1 cm³/mol. The van der Waals surface area contributed by atoms with Gasteiger partial charge in [0.1, 0.15) is 5.76 Å². The van der Waals surface area contributed by atoms with E-state index in [9.17, 15) is 4.79 Å². The molecule has 6 nitrogen and oxygen atoms in total. The summed E-state index contributed by atoms with van der Waals surface area (Å²) in [6, 6.07) is 11.1. The third kappa shape index (κ3) is 2.90. The van der Waals surface area contributed by atoms with Crippen LogP contribution in [0.3, 0.4) is 0 Å². The van der Waals surface area contributed by atoms with Crippen LogP contribution in [-0.4, -0.2) is 16.0 Å². The van der Waals surface area contributed by atoms with Crippen LogP contribution in [0.4, 0.5) is 0 Å². The van der Waals surface area contributed by atoms with Gasteiger partial charge in [0.2, 0.25) is 5.89 Å². The van der Waals surface area contributed by atoms with Crippen LogP contribution in [0.15, 0.2) is 45.3 Å². The molecule has 22 heavy (non-hydrogen) atoms. The van der Waals surface area contributed by atoms with Gasteiger partial charge in [-0.2, -0.15) is 0 Å². The quantitative estimate of drug-likeness (QED) is 0.800. The monoisotopic (exact) mass is 297 g/mol. The van der Waals surface area contributed by atoms with Gasteiger partial charge in [0.15, 0.2) is 11.5 Å². The molecule has 1 amide bonds. The maximum absolute atomic E-state index is 12.1. The molecule has 0 atom stereocenters. The molecule has 0 saturated carbocycles. The van der Waals surface area contributed by atoms with Gasteiger partial charge in [-0.15, -0.1) is 0 Å². The predicted octanol–water partition coefficient (Wildman–Crippen LogP) is 2.88. The standard InChI is InChI=1S/C16H15N3O3/c1-10-11(2)21-15(18-10)9-17-16(20)13-8-14(22-19-13)12-6-4-3-5-7-12/h3-8H,9H2,1-2H3,(H,17,20). The molecule has 0 fully saturated rings. The van der Waals surface area contributed by atoms with Crippen LogP contribution in [0.1, 0.15) is 27.8 Å². The fourth-order valence-corrected chi connectivity index (χ4v) is 1.98. The molecule has 0 spiro atoms. The van der Waals surface area contributed by atoms with E-state index in [2.05, 4.69) is 15.5 Å². The van der Waals surface area contributed by atoms with E-state index in [4.69, 9.17) is 8.94 Å². The highest BCUT2D eigenvalue weighted by Gasteiger charge is 2.14. The number of nitrogens with one attached hydrogen (secondary N) is 1. The van der Waals surface area contributed by atoms with Gasteiger partial charge in [0.25, 0.3) is 5.91 Å². The Morgan fingerprint density at radius 3 is 2.68 bits per heavy atom. The Hall–Kier alpha value is -2.89. The van der Waals surface area contributed by atoms with Crippen molar-refractivity contribution in [3.05, 3.63) is 59.4 Å². The molecule has 2 aromatic heterocycles. The van der Waals surface area contributed by atoms with Gasteiger partial charge in [-0.3, -0.25) is 4.79 Å². The summed E-state index contributed by atoms with van der Waals surface area (Å²) in [5, 5.41) is 6.49. The van der Waals surface area contributed by atoms with Crippen molar-refractivity contribution in [2.75, 3.05) is 0 Å². The van der Waals surface area contributed by atoms with Gasteiger partial charge in [0, 0.05) is 11.6 Å². The van der Waals surface area contributed by atoms with Crippen molar-refractivity contribution in [2.24, 2.45) is 0 Å². The minimum atomic E-state index is -0.334. The van der Waals surface area contributed by atoms with Crippen LogP contribution < -0.4 is 5.32 Å². The molecule has 0 radical (unpaired) electrons. The molecule has 3 aromatic rings. The summed E-state index contributed by atoms with van der Waals surface area (Å²) < 4.78 is 10.6. The van der Waals surface area contributed by atoms with Gasteiger partial charge in [-0.1, -0.05) is 35.5 Å². The minimum Gasteiger partial charge on any atom is -0.444 e. The first-order chi connectivity index (χ1) is 10.6. The molecular weight excluding hydrogens is 282 g/mol. The molecule has 6 heteroatoms. The number of aryl methyl sites for hydroxylation is 2. The number of hydrogen-bond donors (Lipinski definition) is 1. The topological polar surface area (TPSA) is 81.2 Å². The fraction of sp³-hybridized carbons (Fsp3) is 0.188. The molecule has 2 heterocycles. The number of hydrogen-bond acceptors (Lipinski definition) is 5. The van der Waals surface area contributed by atoms with Crippen LogP contribution in [-0.2, 0) is 6.54 Å². The van der Waals surface area contributed by atoms with Gasteiger partial charge in [-0.05, 0) is 13.8 Å². The van der Waals surface area contributed by atoms with E-state index < -0.39 is 0 Å². The SMILES string of the molecule is Cc1nc(CNC(=O)c2cc(-c3ccccc3)on2)oc1C. The van der Waals surface area contributed by atoms with Crippen molar-refractivity contribution >= 4 is 5.91 Å². The van der Waals surface area contributed by atoms with E-state index in [0.29, 0.717) is 11.7 Å². The zero-order valence-corrected chi connectivity index (χ0v) is 12.3. The number of benzene rings is 1. The first kappa shape index (κ1) is 14.1. The summed E-state index contributed by atoms with van der Waals surface area (Å²) in [4.78, 5) is 16.3. The average molecular weight is 297 g/mol. The van der Waals surface area contributed by atoms with E-state index >= 15 is 0 Å². The van der Waals surface area contributed by atoms with Crippen LogP contribution in [0.2, 0.25) is 0 Å². The van der Waals surface area contributed by atoms with Crippen LogP contribution in [0.5, 0.6) is 0 Å². The van der Waals surface area contributed by atoms with Crippen molar-refractivity contribution in [1.29, 1.82) is 0 Å². The summed E-state index contributed by atoms with van der Waals surface area (Å²) in [7, 11) is 0. The third-order valence-corrected chi connectivity index (χ3v) is 3.27. The zero-order chi connectivity index (χ0) is 15.5. The lowest BCUT2D eigenvalue weighted by Gasteiger charge is -1.98. The molecule has 3 rings (SSSR count). The normalized spacial score (nSPS) is 10.6. The van der Waals surface area contributed by atoms with Crippen LogP contribution >= 0.6 is 0 Å². The first-order valence-electron chi connectivity index (χ1n) is 6.87. The molecule has 0 unspecified atom stereocenters. The average Bonchev–Trinajstić information content (AvgIpc) is 3.14. The van der Waals surface area contributed by atoms with E-state index in [-0.39, 0.29) is 18.1 Å². The zero-order valence-electron chi connectivity index (χ0n) is 12.3. The number of carbonyl (C=O) groups excluding carboxylic acids is 1. The maximum Gasteiger partial charge on any atom is 0.273 e. The van der Waals surface area contributed by atoms with Crippen molar-refractivity contribution in [1.82, 2.24) is 15.5 Å². The van der Waals surface area contributed by atoms with Crippen molar-refractivity contribution < 1.29 is 13.7 Å². The van der Waals surface area contributed by atoms with E-state index in [1.807, 2.05) is 44.2 Å². The van der Waals surface area contributed by atoms with E-state index in [1.54, 1.807) is 6.07 Å². The van der Waals surface area contributed by atoms with E-state index in [0.717, 1.165) is 17.0 Å². The smallest absolute Gasteiger partial charge is 0.273 e. The molecule has 0 saturated heterocycles. The summed E-state index contributed by atoms with van der Waals surface area (Å²) >= 11 is 0. The number of nitrogens with zero attached hydrogens (tertiary/aromatic N) is 2. The molecule has 112 valence electrons. The Morgan fingerprint density at radius 2 is 2.00 bits per heavy atom. The van der Waals surface area contributed by atoms with Crippen molar-refractivity contribution in [2.45, 2.75) is 20.4 Å². The van der Waals surface area contributed by atoms with Gasteiger partial charge < -0.3 is 14.3 Å². The van der Waals surface area contributed by atoms with Crippen LogP contribution in [0, 0.1) is 13.8 Å². The second-order valence-electron chi connectivity index (χ2n) is 4.87. The second kappa shape index (κ2) is 5.85. The van der Waals surface area contributed by atoms with Gasteiger partial charge in [-0.25, -0.2) is 4.98 Å². The number of rotatable bonds is 4. The van der Waals surface area contributed by atoms with Crippen LogP contribution in [0.25, 0.3) is 11.3 Å². The highest BCUT2D eigenvalue weighted by molar-refractivity contribution is 5.92. The Balaban J connectivity index is 1.67. The molecule has 0 aliphatic carbocycles. The molecule has 0 bridgehead atoms. The Kier molecular flexibility index (Phi) is 3.74. The Bertz CT molecular complexity index is 771. The van der Waals surface area contributed by atoms with Gasteiger partial charge >= 0.3 is 0 Å². The lowest BCUT2D eigenvalue weighted by atomic mass is 10.1. The number of aromatic nitrogens is 2. The van der Waals surface area contributed by atoms with Crippen molar-refractivity contribution in [3.8, 4) is 11.3 Å². The third-order valence-electron chi connectivity index (χ3n) is 3.27. The Morgan fingerprint density at radius 1 is 1.23 bits per heavy atom.